The zero-order valence-electron chi connectivity index (χ0n) is 6.69. The van der Waals surface area contributed by atoms with E-state index in [-0.39, 0.29) is 12.1 Å². The molecule has 66 valence electrons. The van der Waals surface area contributed by atoms with Gasteiger partial charge in [0.1, 0.15) is 6.10 Å². The molecule has 2 N–H and O–H groups in total. The van der Waals surface area contributed by atoms with E-state index in [0.717, 1.165) is 25.9 Å². The molecular formula is C7H11N3O2. The fraction of sp³-hybridized carbons (Fsp3) is 0.714. The summed E-state index contributed by atoms with van der Waals surface area (Å²) in [6.07, 6.45) is 3.16. The molecule has 1 atom stereocenters. The molecule has 0 amide bonds. The van der Waals surface area contributed by atoms with E-state index in [9.17, 15) is 0 Å². The number of ether oxygens (including phenoxy) is 1. The summed E-state index contributed by atoms with van der Waals surface area (Å²) in [5.74, 6) is 0.507. The van der Waals surface area contributed by atoms with Crippen molar-refractivity contribution in [3.63, 3.8) is 0 Å². The van der Waals surface area contributed by atoms with Crippen LogP contribution in [0, 0.1) is 0 Å². The number of hydrogen-bond donors (Lipinski definition) is 1. The predicted molar refractivity (Wildman–Crippen MR) is 41.3 cm³/mol. The highest BCUT2D eigenvalue weighted by molar-refractivity contribution is 5.06. The monoisotopic (exact) mass is 169 g/mol. The molecule has 0 aromatic carbocycles. The van der Waals surface area contributed by atoms with Crippen LogP contribution in [0.25, 0.3) is 0 Å². The Kier molecular flexibility index (Phi) is 1.95. The number of nitrogens with zero attached hydrogens (tertiary/aromatic N) is 2. The van der Waals surface area contributed by atoms with Crippen LogP contribution < -0.4 is 5.73 Å². The molecule has 5 nitrogen and oxygen atoms in total. The molecule has 0 saturated carbocycles. The summed E-state index contributed by atoms with van der Waals surface area (Å²) in [4.78, 5) is 0. The van der Waals surface area contributed by atoms with Crippen molar-refractivity contribution < 1.29 is 9.15 Å². The lowest BCUT2D eigenvalue weighted by atomic mass is 10.1. The summed E-state index contributed by atoms with van der Waals surface area (Å²) in [5.41, 5.74) is 5.29. The Morgan fingerprint density at radius 3 is 2.83 bits per heavy atom. The lowest BCUT2D eigenvalue weighted by Gasteiger charge is -2.18. The van der Waals surface area contributed by atoms with E-state index in [1.807, 2.05) is 0 Å². The lowest BCUT2D eigenvalue weighted by molar-refractivity contribution is -0.00116. The smallest absolute Gasteiger partial charge is 0.312 e. The van der Waals surface area contributed by atoms with Crippen molar-refractivity contribution >= 4 is 6.01 Å². The van der Waals surface area contributed by atoms with Gasteiger partial charge < -0.3 is 14.9 Å². The van der Waals surface area contributed by atoms with Gasteiger partial charge in [-0.3, -0.25) is 0 Å². The molecule has 1 aliphatic heterocycles. The Morgan fingerprint density at radius 2 is 2.25 bits per heavy atom. The lowest BCUT2D eigenvalue weighted by Crippen LogP contribution is -2.11. The van der Waals surface area contributed by atoms with Crippen molar-refractivity contribution in [3.05, 3.63) is 5.89 Å². The molecule has 1 aromatic rings. The number of aromatic nitrogens is 2. The second-order valence-electron chi connectivity index (χ2n) is 2.83. The number of hydrogen-bond acceptors (Lipinski definition) is 5. The first-order valence-electron chi connectivity index (χ1n) is 4.07. The molecule has 0 bridgehead atoms. The van der Waals surface area contributed by atoms with Gasteiger partial charge in [-0.2, -0.15) is 0 Å². The molecule has 1 aromatic heterocycles. The standard InChI is InChI=1S/C7H11N3O2/c8-7-10-9-6(12-7)5-3-1-2-4-11-5/h5H,1-4H2,(H2,8,10). The van der Waals surface area contributed by atoms with Gasteiger partial charge in [0.25, 0.3) is 0 Å². The molecule has 1 unspecified atom stereocenters. The normalized spacial score (nSPS) is 24.2. The molecule has 1 aliphatic rings. The van der Waals surface area contributed by atoms with Gasteiger partial charge in [0.2, 0.25) is 5.89 Å². The van der Waals surface area contributed by atoms with Gasteiger partial charge in [0, 0.05) is 6.61 Å². The van der Waals surface area contributed by atoms with Crippen LogP contribution in [-0.2, 0) is 4.74 Å². The Labute approximate surface area is 69.9 Å². The Bertz CT molecular complexity index is 255. The van der Waals surface area contributed by atoms with Crippen LogP contribution in [-0.4, -0.2) is 16.8 Å². The minimum atomic E-state index is -0.0384. The Morgan fingerprint density at radius 1 is 1.33 bits per heavy atom. The summed E-state index contributed by atoms with van der Waals surface area (Å²) in [7, 11) is 0. The van der Waals surface area contributed by atoms with Gasteiger partial charge in [-0.05, 0) is 19.3 Å². The highest BCUT2D eigenvalue weighted by Gasteiger charge is 2.21. The highest BCUT2D eigenvalue weighted by Crippen LogP contribution is 2.26. The largest absolute Gasteiger partial charge is 0.405 e. The van der Waals surface area contributed by atoms with E-state index in [4.69, 9.17) is 14.9 Å². The Hall–Kier alpha value is -1.10. The van der Waals surface area contributed by atoms with Crippen molar-refractivity contribution in [1.82, 2.24) is 10.2 Å². The summed E-state index contributed by atoms with van der Waals surface area (Å²) >= 11 is 0. The van der Waals surface area contributed by atoms with Gasteiger partial charge in [0.15, 0.2) is 0 Å². The second-order valence-corrected chi connectivity index (χ2v) is 2.83. The average Bonchev–Trinajstić information content (AvgIpc) is 2.54. The summed E-state index contributed by atoms with van der Waals surface area (Å²) in [6, 6.07) is 0.110. The van der Waals surface area contributed by atoms with Crippen molar-refractivity contribution in [3.8, 4) is 0 Å². The quantitative estimate of drug-likeness (QED) is 0.675. The molecular weight excluding hydrogens is 158 g/mol. The SMILES string of the molecule is Nc1nnc(C2CCCCO2)o1. The highest BCUT2D eigenvalue weighted by atomic mass is 16.5. The third-order valence-electron chi connectivity index (χ3n) is 1.91. The van der Waals surface area contributed by atoms with Crippen LogP contribution in [0.15, 0.2) is 4.42 Å². The minimum Gasteiger partial charge on any atom is -0.405 e. The molecule has 5 heteroatoms. The van der Waals surface area contributed by atoms with E-state index in [0.29, 0.717) is 5.89 Å². The summed E-state index contributed by atoms with van der Waals surface area (Å²) in [6.45, 7) is 0.771. The van der Waals surface area contributed by atoms with Crippen LogP contribution in [0.2, 0.25) is 0 Å². The van der Waals surface area contributed by atoms with Crippen LogP contribution in [0.5, 0.6) is 0 Å². The topological polar surface area (TPSA) is 74.2 Å². The molecule has 0 spiro atoms. The fourth-order valence-electron chi connectivity index (χ4n) is 1.31. The zero-order chi connectivity index (χ0) is 8.39. The van der Waals surface area contributed by atoms with Crippen molar-refractivity contribution in [1.29, 1.82) is 0 Å². The average molecular weight is 169 g/mol. The van der Waals surface area contributed by atoms with E-state index >= 15 is 0 Å². The molecule has 0 radical (unpaired) electrons. The van der Waals surface area contributed by atoms with Gasteiger partial charge >= 0.3 is 6.01 Å². The van der Waals surface area contributed by atoms with E-state index in [2.05, 4.69) is 10.2 Å². The van der Waals surface area contributed by atoms with Crippen LogP contribution in [0.3, 0.4) is 0 Å². The number of nitrogens with two attached hydrogens (primary N) is 1. The van der Waals surface area contributed by atoms with Crippen molar-refractivity contribution in [2.24, 2.45) is 0 Å². The van der Waals surface area contributed by atoms with Gasteiger partial charge in [0.05, 0.1) is 0 Å². The zero-order valence-corrected chi connectivity index (χ0v) is 6.69. The van der Waals surface area contributed by atoms with Gasteiger partial charge in [-0.25, -0.2) is 0 Å². The van der Waals surface area contributed by atoms with Crippen LogP contribution in [0.1, 0.15) is 31.3 Å². The first-order chi connectivity index (χ1) is 5.86. The second kappa shape index (κ2) is 3.10. The maximum Gasteiger partial charge on any atom is 0.312 e. The van der Waals surface area contributed by atoms with Gasteiger partial charge in [-0.1, -0.05) is 5.10 Å². The fourth-order valence-corrected chi connectivity index (χ4v) is 1.31. The number of anilines is 1. The van der Waals surface area contributed by atoms with E-state index < -0.39 is 0 Å². The first-order valence-corrected chi connectivity index (χ1v) is 4.07. The predicted octanol–water partition coefficient (Wildman–Crippen LogP) is 0.893. The molecule has 1 fully saturated rings. The molecule has 2 heterocycles. The third-order valence-corrected chi connectivity index (χ3v) is 1.91. The number of nitrogen functional groups attached to an aromatic ring is 1. The molecule has 2 rings (SSSR count). The minimum absolute atomic E-state index is 0.0384. The van der Waals surface area contributed by atoms with E-state index in [1.165, 1.54) is 0 Å². The van der Waals surface area contributed by atoms with Crippen molar-refractivity contribution in [2.45, 2.75) is 25.4 Å². The number of rotatable bonds is 1. The molecule has 0 aliphatic carbocycles. The molecule has 12 heavy (non-hydrogen) atoms. The maximum atomic E-state index is 5.43. The van der Waals surface area contributed by atoms with Crippen LogP contribution in [0.4, 0.5) is 6.01 Å². The van der Waals surface area contributed by atoms with Crippen molar-refractivity contribution in [2.75, 3.05) is 12.3 Å². The van der Waals surface area contributed by atoms with Crippen LogP contribution >= 0.6 is 0 Å². The molecule has 1 saturated heterocycles. The summed E-state index contributed by atoms with van der Waals surface area (Å²) in [5, 5.41) is 7.35. The van der Waals surface area contributed by atoms with Gasteiger partial charge in [-0.15, -0.1) is 5.10 Å². The third kappa shape index (κ3) is 1.40. The maximum absolute atomic E-state index is 5.43. The Balaban J connectivity index is 2.08. The summed E-state index contributed by atoms with van der Waals surface area (Å²) < 4.78 is 10.5. The first kappa shape index (κ1) is 7.54. The van der Waals surface area contributed by atoms with E-state index in [1.54, 1.807) is 0 Å².